The third kappa shape index (κ3) is 7.31. The Morgan fingerprint density at radius 1 is 1.10 bits per heavy atom. The fraction of sp³-hybridized carbons (Fsp3) is 0.641. The van der Waals surface area contributed by atoms with E-state index in [-0.39, 0.29) is 42.6 Å². The van der Waals surface area contributed by atoms with E-state index >= 15 is 0 Å². The zero-order chi connectivity index (χ0) is 35.1. The van der Waals surface area contributed by atoms with Crippen LogP contribution >= 0.6 is 0 Å². The van der Waals surface area contributed by atoms with Crippen molar-refractivity contribution in [3.05, 3.63) is 72.4 Å². The largest absolute Gasteiger partial charge is 0.457 e. The van der Waals surface area contributed by atoms with Crippen molar-refractivity contribution in [2.24, 2.45) is 29.1 Å². The highest BCUT2D eigenvalue weighted by Crippen LogP contribution is 2.59. The molecule has 0 unspecified atom stereocenters. The van der Waals surface area contributed by atoms with Gasteiger partial charge in [0.15, 0.2) is 5.79 Å². The van der Waals surface area contributed by atoms with Gasteiger partial charge >= 0.3 is 5.97 Å². The smallest absolute Gasteiger partial charge is 0.303 e. The molecule has 5 rings (SSSR count). The fourth-order valence-corrected chi connectivity index (χ4v) is 9.48. The minimum atomic E-state index is -1.29. The average molecular weight is 680 g/mol. The van der Waals surface area contributed by atoms with Crippen LogP contribution in [-0.2, 0) is 39.7 Å². The highest BCUT2D eigenvalue weighted by molar-refractivity contribution is 6.76. The molecule has 1 saturated carbocycles. The maximum Gasteiger partial charge on any atom is 0.303 e. The van der Waals surface area contributed by atoms with Crippen LogP contribution in [0.3, 0.4) is 0 Å². The van der Waals surface area contributed by atoms with E-state index in [9.17, 15) is 9.59 Å². The van der Waals surface area contributed by atoms with Crippen LogP contribution in [0.15, 0.2) is 66.8 Å². The van der Waals surface area contributed by atoms with Gasteiger partial charge in [-0.1, -0.05) is 88.6 Å². The predicted molar refractivity (Wildman–Crippen MR) is 190 cm³/mol. The molecule has 3 fully saturated rings. The number of nitrogens with one attached hydrogen (secondary N) is 1. The molecular formula is C39H57NO7Si. The molecule has 1 aromatic rings. The van der Waals surface area contributed by atoms with E-state index < -0.39 is 49.0 Å². The Morgan fingerprint density at radius 3 is 2.48 bits per heavy atom. The van der Waals surface area contributed by atoms with Crippen LogP contribution in [0, 0.1) is 29.1 Å². The van der Waals surface area contributed by atoms with Gasteiger partial charge in [-0.05, 0) is 68.7 Å². The quantitative estimate of drug-likeness (QED) is 0.100. The lowest BCUT2D eigenvalue weighted by Gasteiger charge is -2.53. The summed E-state index contributed by atoms with van der Waals surface area (Å²) < 4.78 is 31.9. The van der Waals surface area contributed by atoms with Crippen molar-refractivity contribution >= 4 is 20.0 Å². The lowest BCUT2D eigenvalue weighted by atomic mass is 9.51. The van der Waals surface area contributed by atoms with Gasteiger partial charge in [-0.2, -0.15) is 0 Å². The average Bonchev–Trinajstić information content (AvgIpc) is 3.42. The molecule has 0 radical (unpaired) electrons. The Labute approximate surface area is 288 Å². The molecule has 1 spiro atoms. The first-order chi connectivity index (χ1) is 22.5. The number of fused-ring (bicyclic) bond motifs is 1. The summed E-state index contributed by atoms with van der Waals surface area (Å²) in [7, 11) is -1.29. The number of allylic oxidation sites excluding steroid dienone is 1. The van der Waals surface area contributed by atoms with Crippen LogP contribution in [-0.4, -0.2) is 69.1 Å². The summed E-state index contributed by atoms with van der Waals surface area (Å²) in [4.78, 5) is 27.9. The first-order valence-electron chi connectivity index (χ1n) is 17.6. The van der Waals surface area contributed by atoms with Crippen LogP contribution in [0.5, 0.6) is 0 Å². The molecule has 264 valence electrons. The fourth-order valence-electron chi connectivity index (χ4n) is 8.72. The van der Waals surface area contributed by atoms with Gasteiger partial charge in [0.1, 0.15) is 23.9 Å². The number of rotatable bonds is 9. The molecule has 1 amide bonds. The molecule has 8 nitrogen and oxygen atoms in total. The molecule has 2 heterocycles. The number of ether oxygens (including phenoxy) is 5. The number of hydrogen-bond donors (Lipinski definition) is 1. The number of carbonyl (C=O) groups excluding carboxylic acids is 2. The molecule has 0 aromatic heterocycles. The van der Waals surface area contributed by atoms with Gasteiger partial charge in [0, 0.05) is 39.5 Å². The Bertz CT molecular complexity index is 1400. The number of hydrogen-bond acceptors (Lipinski definition) is 7. The summed E-state index contributed by atoms with van der Waals surface area (Å²) in [6.07, 6.45) is 7.73. The Morgan fingerprint density at radius 2 is 1.81 bits per heavy atom. The third-order valence-electron chi connectivity index (χ3n) is 10.9. The second-order valence-electron chi connectivity index (χ2n) is 16.3. The Kier molecular flexibility index (Phi) is 10.7. The van der Waals surface area contributed by atoms with Gasteiger partial charge in [0.25, 0.3) is 0 Å². The molecule has 0 bridgehead atoms. The summed E-state index contributed by atoms with van der Waals surface area (Å²) in [5.74, 6) is -2.21. The third-order valence-corrected chi connectivity index (χ3v) is 12.6. The van der Waals surface area contributed by atoms with E-state index in [0.29, 0.717) is 19.4 Å². The van der Waals surface area contributed by atoms with E-state index in [1.165, 1.54) is 6.92 Å². The highest BCUT2D eigenvalue weighted by Gasteiger charge is 2.69. The minimum absolute atomic E-state index is 0.0857. The van der Waals surface area contributed by atoms with Crippen LogP contribution in [0.1, 0.15) is 53.5 Å². The highest BCUT2D eigenvalue weighted by atomic mass is 28.3. The number of carbonyl (C=O) groups is 2. The van der Waals surface area contributed by atoms with Gasteiger partial charge in [-0.15, -0.1) is 0 Å². The van der Waals surface area contributed by atoms with Crippen molar-refractivity contribution in [3.63, 3.8) is 0 Å². The van der Waals surface area contributed by atoms with Crippen molar-refractivity contribution < 1.29 is 33.3 Å². The molecule has 2 saturated heterocycles. The standard InChI is InChI=1S/C39H57NO7Si/c1-25-15-14-18-30-34(44-24-43-21-22-48(8,9)10)27(3)26(2)33-31(23-29-16-12-11-13-17-29)40-36(42)39(30,33)32(45-28(4)41)19-20-38(7)35(25)46-37(5,6)47-38/h11-14,16-20,25-26,30-35H,3,15,21-24H2,1-2,4-10H3,(H,40,42)/b18-14+,20-19+/t25-,26+,30-,31-,32+,33-,34+,35+,38+,39+/m0/s1. The van der Waals surface area contributed by atoms with Gasteiger partial charge < -0.3 is 29.0 Å². The minimum Gasteiger partial charge on any atom is -0.457 e. The van der Waals surface area contributed by atoms with Gasteiger partial charge in [0.05, 0.1) is 12.2 Å². The molecule has 9 heteroatoms. The molecule has 1 aromatic carbocycles. The zero-order valence-electron chi connectivity index (χ0n) is 30.4. The summed E-state index contributed by atoms with van der Waals surface area (Å²) in [5, 5.41) is 3.40. The van der Waals surface area contributed by atoms with Crippen molar-refractivity contribution in [2.45, 2.75) is 116 Å². The van der Waals surface area contributed by atoms with E-state index in [2.05, 4.69) is 69.7 Å². The topological polar surface area (TPSA) is 92.3 Å². The number of esters is 1. The van der Waals surface area contributed by atoms with Crippen molar-refractivity contribution in [1.82, 2.24) is 5.32 Å². The summed E-state index contributed by atoms with van der Waals surface area (Å²) in [6.45, 7) is 23.8. The first kappa shape index (κ1) is 36.7. The summed E-state index contributed by atoms with van der Waals surface area (Å²) in [5.41, 5.74) is 0.0252. The molecular weight excluding hydrogens is 623 g/mol. The van der Waals surface area contributed by atoms with Crippen molar-refractivity contribution in [2.75, 3.05) is 13.4 Å². The number of benzene rings is 1. The molecule has 10 atom stereocenters. The van der Waals surface area contributed by atoms with E-state index in [1.54, 1.807) is 0 Å². The Balaban J connectivity index is 1.64. The van der Waals surface area contributed by atoms with Gasteiger partial charge in [0.2, 0.25) is 5.91 Å². The molecule has 48 heavy (non-hydrogen) atoms. The molecule has 4 aliphatic rings. The zero-order valence-corrected chi connectivity index (χ0v) is 31.4. The van der Waals surface area contributed by atoms with Crippen LogP contribution in [0.25, 0.3) is 0 Å². The van der Waals surface area contributed by atoms with E-state index in [4.69, 9.17) is 23.7 Å². The van der Waals surface area contributed by atoms with E-state index in [1.807, 2.05) is 51.1 Å². The lowest BCUT2D eigenvalue weighted by Crippen LogP contribution is -2.61. The maximum atomic E-state index is 14.9. The SMILES string of the molecule is C=C1[C@@H](C)[C@H]2[C@H](Cc3ccccc3)NC(=O)[C@]23[C@H](OC(C)=O)/C=C/[C@@]2(C)OC(C)(C)O[C@@H]2[C@@H](C)C/C=C/[C@H]3[C@@H]1OCOCC[Si](C)(C)C. The van der Waals surface area contributed by atoms with Crippen molar-refractivity contribution in [1.29, 1.82) is 0 Å². The summed E-state index contributed by atoms with van der Waals surface area (Å²) >= 11 is 0. The van der Waals surface area contributed by atoms with Crippen LogP contribution < -0.4 is 5.32 Å². The predicted octanol–water partition coefficient (Wildman–Crippen LogP) is 6.84. The van der Waals surface area contributed by atoms with Crippen molar-refractivity contribution in [3.8, 4) is 0 Å². The first-order valence-corrected chi connectivity index (χ1v) is 21.3. The second-order valence-corrected chi connectivity index (χ2v) is 21.9. The summed E-state index contributed by atoms with van der Waals surface area (Å²) in [6, 6.07) is 11.0. The van der Waals surface area contributed by atoms with Crippen LogP contribution in [0.2, 0.25) is 25.7 Å². The molecule has 1 N–H and O–H groups in total. The van der Waals surface area contributed by atoms with Crippen LogP contribution in [0.4, 0.5) is 0 Å². The molecule has 2 aliphatic carbocycles. The second kappa shape index (κ2) is 14.0. The van der Waals surface area contributed by atoms with Gasteiger partial charge in [-0.25, -0.2) is 0 Å². The molecule has 2 aliphatic heterocycles. The monoisotopic (exact) mass is 679 g/mol. The number of amides is 1. The Hall–Kier alpha value is -2.56. The van der Waals surface area contributed by atoms with Gasteiger partial charge in [-0.3, -0.25) is 9.59 Å². The maximum absolute atomic E-state index is 14.9. The normalized spacial score (nSPS) is 38.9. The van der Waals surface area contributed by atoms with E-state index in [0.717, 1.165) is 17.2 Å². The lowest BCUT2D eigenvalue weighted by molar-refractivity contribution is -0.175.